The van der Waals surface area contributed by atoms with Crippen LogP contribution in [0.4, 0.5) is 0 Å². The summed E-state index contributed by atoms with van der Waals surface area (Å²) in [6, 6.07) is 8.14. The Kier molecular flexibility index (Phi) is 2.29. The van der Waals surface area contributed by atoms with E-state index in [-0.39, 0.29) is 0 Å². The molecule has 0 bridgehead atoms. The fourth-order valence-corrected chi connectivity index (χ4v) is 4.00. The van der Waals surface area contributed by atoms with Gasteiger partial charge < -0.3 is 0 Å². The molecule has 4 aromatic rings. The molecule has 0 aromatic carbocycles. The number of fused-ring (bicyclic) bond motifs is 1. The van der Waals surface area contributed by atoms with Crippen molar-refractivity contribution in [1.82, 2.24) is 19.8 Å². The van der Waals surface area contributed by atoms with E-state index in [0.29, 0.717) is 0 Å². The summed E-state index contributed by atoms with van der Waals surface area (Å²) in [5, 5.41) is 18.1. The van der Waals surface area contributed by atoms with Gasteiger partial charge in [-0.05, 0) is 22.9 Å². The first-order valence-corrected chi connectivity index (χ1v) is 7.79. The van der Waals surface area contributed by atoms with Crippen LogP contribution >= 0.6 is 34.0 Å². The van der Waals surface area contributed by atoms with Gasteiger partial charge in [-0.3, -0.25) is 0 Å². The lowest BCUT2D eigenvalue weighted by molar-refractivity contribution is 0.975. The molecule has 88 valence electrons. The summed E-state index contributed by atoms with van der Waals surface area (Å²) in [6.07, 6.45) is 0. The number of rotatable bonds is 2. The number of nitrogens with zero attached hydrogens (tertiary/aromatic N) is 4. The SMILES string of the molecule is c1csc(-c2nn3c(-c4cccs4)nnc3s2)c1. The molecule has 0 spiro atoms. The van der Waals surface area contributed by atoms with Crippen LogP contribution in [0.1, 0.15) is 0 Å². The summed E-state index contributed by atoms with van der Waals surface area (Å²) in [6.45, 7) is 0. The van der Waals surface area contributed by atoms with Crippen molar-refractivity contribution in [2.75, 3.05) is 0 Å². The van der Waals surface area contributed by atoms with E-state index in [2.05, 4.69) is 26.7 Å². The van der Waals surface area contributed by atoms with Gasteiger partial charge in [0.2, 0.25) is 4.96 Å². The van der Waals surface area contributed by atoms with Crippen LogP contribution in [0.3, 0.4) is 0 Å². The van der Waals surface area contributed by atoms with Crippen molar-refractivity contribution in [2.45, 2.75) is 0 Å². The zero-order chi connectivity index (χ0) is 11.9. The first-order valence-electron chi connectivity index (χ1n) is 5.22. The van der Waals surface area contributed by atoms with E-state index in [1.807, 2.05) is 28.1 Å². The zero-order valence-electron chi connectivity index (χ0n) is 8.98. The van der Waals surface area contributed by atoms with Gasteiger partial charge >= 0.3 is 0 Å². The predicted octanol–water partition coefficient (Wildman–Crippen LogP) is 3.64. The summed E-state index contributed by atoms with van der Waals surface area (Å²) in [4.78, 5) is 3.09. The molecule has 7 heteroatoms. The minimum absolute atomic E-state index is 0.819. The second-order valence-corrected chi connectivity index (χ2v) is 6.43. The van der Waals surface area contributed by atoms with Gasteiger partial charge in [-0.2, -0.15) is 9.61 Å². The van der Waals surface area contributed by atoms with Crippen molar-refractivity contribution in [1.29, 1.82) is 0 Å². The highest BCUT2D eigenvalue weighted by molar-refractivity contribution is 7.23. The van der Waals surface area contributed by atoms with Gasteiger partial charge in [-0.25, -0.2) is 0 Å². The van der Waals surface area contributed by atoms with E-state index in [0.717, 1.165) is 20.7 Å². The van der Waals surface area contributed by atoms with E-state index in [1.54, 1.807) is 34.0 Å². The molecule has 0 aliphatic carbocycles. The molecule has 0 radical (unpaired) electrons. The highest BCUT2D eigenvalue weighted by atomic mass is 32.1. The number of thiophene rings is 2. The monoisotopic (exact) mass is 290 g/mol. The Morgan fingerprint density at radius 1 is 0.944 bits per heavy atom. The maximum atomic E-state index is 4.60. The van der Waals surface area contributed by atoms with Crippen molar-refractivity contribution < 1.29 is 0 Å². The lowest BCUT2D eigenvalue weighted by Gasteiger charge is -1.90. The lowest BCUT2D eigenvalue weighted by Crippen LogP contribution is -1.88. The third kappa shape index (κ3) is 1.52. The Hall–Kier alpha value is -1.57. The molecule has 0 saturated heterocycles. The minimum atomic E-state index is 0.819. The van der Waals surface area contributed by atoms with Crippen molar-refractivity contribution in [2.24, 2.45) is 0 Å². The normalized spacial score (nSPS) is 11.3. The van der Waals surface area contributed by atoms with E-state index < -0.39 is 0 Å². The van der Waals surface area contributed by atoms with Crippen LogP contribution in [0.5, 0.6) is 0 Å². The molecule has 4 heterocycles. The highest BCUT2D eigenvalue weighted by Crippen LogP contribution is 2.31. The predicted molar refractivity (Wildman–Crippen MR) is 75.3 cm³/mol. The third-order valence-electron chi connectivity index (χ3n) is 2.46. The first kappa shape index (κ1) is 10.4. The van der Waals surface area contributed by atoms with Gasteiger partial charge in [0.05, 0.1) is 9.75 Å². The molecule has 0 unspecified atom stereocenters. The number of hydrogen-bond acceptors (Lipinski definition) is 6. The van der Waals surface area contributed by atoms with Gasteiger partial charge in [0, 0.05) is 0 Å². The largest absolute Gasteiger partial charge is 0.235 e. The van der Waals surface area contributed by atoms with E-state index in [9.17, 15) is 0 Å². The van der Waals surface area contributed by atoms with Crippen LogP contribution in [0.2, 0.25) is 0 Å². The van der Waals surface area contributed by atoms with Crippen LogP contribution in [0.25, 0.3) is 25.5 Å². The molecule has 0 amide bonds. The molecule has 0 aliphatic rings. The summed E-state index contributed by atoms with van der Waals surface area (Å²) in [5.74, 6) is 0.819. The Balaban J connectivity index is 1.92. The molecule has 4 nitrogen and oxygen atoms in total. The molecule has 0 N–H and O–H groups in total. The van der Waals surface area contributed by atoms with E-state index >= 15 is 0 Å². The number of aromatic nitrogens is 4. The van der Waals surface area contributed by atoms with Gasteiger partial charge in [0.15, 0.2) is 10.8 Å². The molecule has 4 rings (SSSR count). The van der Waals surface area contributed by atoms with Crippen molar-refractivity contribution >= 4 is 39.0 Å². The molecule has 0 saturated carbocycles. The Morgan fingerprint density at radius 3 is 2.44 bits per heavy atom. The maximum Gasteiger partial charge on any atom is 0.235 e. The van der Waals surface area contributed by atoms with Crippen LogP contribution in [0, 0.1) is 0 Å². The minimum Gasteiger partial charge on any atom is -0.181 e. The first-order chi connectivity index (χ1) is 8.92. The molecule has 18 heavy (non-hydrogen) atoms. The molecule has 0 aliphatic heterocycles. The van der Waals surface area contributed by atoms with Crippen molar-refractivity contribution in [3.8, 4) is 20.6 Å². The van der Waals surface area contributed by atoms with Crippen molar-refractivity contribution in [3.05, 3.63) is 35.0 Å². The second-order valence-electron chi connectivity index (χ2n) is 3.58. The topological polar surface area (TPSA) is 43.1 Å². The Bertz CT molecular complexity index is 780. The fourth-order valence-electron chi connectivity index (χ4n) is 1.68. The molecule has 0 fully saturated rings. The maximum absolute atomic E-state index is 4.60. The van der Waals surface area contributed by atoms with Gasteiger partial charge in [0.25, 0.3) is 0 Å². The Labute approximate surface area is 114 Å². The van der Waals surface area contributed by atoms with Gasteiger partial charge in [-0.1, -0.05) is 23.5 Å². The standard InChI is InChI=1S/C11H6N4S3/c1-3-7(16-5-1)9-12-13-11-15(9)14-10(18-11)8-4-2-6-17-8/h1-6H. The van der Waals surface area contributed by atoms with E-state index in [4.69, 9.17) is 0 Å². The molecular formula is C11H6N4S3. The van der Waals surface area contributed by atoms with Gasteiger partial charge in [-0.15, -0.1) is 32.9 Å². The van der Waals surface area contributed by atoms with E-state index in [1.165, 1.54) is 4.88 Å². The third-order valence-corrected chi connectivity index (χ3v) is 5.27. The summed E-state index contributed by atoms with van der Waals surface area (Å²) >= 11 is 4.90. The van der Waals surface area contributed by atoms with Crippen molar-refractivity contribution in [3.63, 3.8) is 0 Å². The molecular weight excluding hydrogens is 284 g/mol. The smallest absolute Gasteiger partial charge is 0.181 e. The Morgan fingerprint density at radius 2 is 1.72 bits per heavy atom. The van der Waals surface area contributed by atoms with Crippen LogP contribution in [-0.4, -0.2) is 19.8 Å². The quantitative estimate of drug-likeness (QED) is 0.566. The second kappa shape index (κ2) is 3.98. The summed E-state index contributed by atoms with van der Waals surface area (Å²) in [7, 11) is 0. The van der Waals surface area contributed by atoms with Crippen LogP contribution < -0.4 is 0 Å². The number of hydrogen-bond donors (Lipinski definition) is 0. The zero-order valence-corrected chi connectivity index (χ0v) is 11.4. The molecule has 0 atom stereocenters. The summed E-state index contributed by atoms with van der Waals surface area (Å²) in [5.41, 5.74) is 0. The highest BCUT2D eigenvalue weighted by Gasteiger charge is 2.15. The average Bonchev–Trinajstić information content (AvgIpc) is 3.13. The van der Waals surface area contributed by atoms with Gasteiger partial charge in [0.1, 0.15) is 0 Å². The van der Waals surface area contributed by atoms with Crippen LogP contribution in [0.15, 0.2) is 35.0 Å². The average molecular weight is 290 g/mol. The fraction of sp³-hybridized carbons (Fsp3) is 0. The molecule has 4 aromatic heterocycles. The van der Waals surface area contributed by atoms with Crippen LogP contribution in [-0.2, 0) is 0 Å². The summed E-state index contributed by atoms with van der Waals surface area (Å²) < 4.78 is 1.82. The lowest BCUT2D eigenvalue weighted by atomic mass is 10.4.